The second-order valence-corrected chi connectivity index (χ2v) is 4.49. The summed E-state index contributed by atoms with van der Waals surface area (Å²) in [6, 6.07) is 4.51. The van der Waals surface area contributed by atoms with Crippen LogP contribution in [-0.4, -0.2) is 18.8 Å². The zero-order valence-electron chi connectivity index (χ0n) is 9.47. The fourth-order valence-electron chi connectivity index (χ4n) is 2.23. The molecular weight excluding hydrogens is 208 g/mol. The van der Waals surface area contributed by atoms with Gasteiger partial charge in [-0.25, -0.2) is 8.78 Å². The molecule has 1 aromatic carbocycles. The van der Waals surface area contributed by atoms with Crippen molar-refractivity contribution >= 4 is 0 Å². The van der Waals surface area contributed by atoms with Crippen molar-refractivity contribution in [3.8, 4) is 0 Å². The molecule has 88 valence electrons. The van der Waals surface area contributed by atoms with Gasteiger partial charge in [0.25, 0.3) is 0 Å². The Morgan fingerprint density at radius 2 is 2.31 bits per heavy atom. The van der Waals surface area contributed by atoms with E-state index in [2.05, 4.69) is 5.32 Å². The first kappa shape index (κ1) is 11.5. The molecule has 1 aliphatic rings. The van der Waals surface area contributed by atoms with Crippen molar-refractivity contribution in [3.05, 3.63) is 35.1 Å². The van der Waals surface area contributed by atoms with E-state index in [0.29, 0.717) is 6.42 Å². The lowest BCUT2D eigenvalue weighted by Crippen LogP contribution is -2.33. The number of hydrogen-bond acceptors (Lipinski definition) is 1. The molecule has 0 bridgehead atoms. The van der Waals surface area contributed by atoms with Crippen molar-refractivity contribution in [2.45, 2.75) is 38.4 Å². The standard InChI is InChI=1S/C13H17F2N/c1-9-4-5-11(14)7-10(9)8-12(15)13-3-2-6-16-13/h4-5,7,12-13,16H,2-3,6,8H2,1H3. The minimum absolute atomic E-state index is 0.0531. The molecule has 0 radical (unpaired) electrons. The number of alkyl halides is 1. The van der Waals surface area contributed by atoms with E-state index in [4.69, 9.17) is 0 Å². The van der Waals surface area contributed by atoms with Crippen LogP contribution in [0, 0.1) is 12.7 Å². The number of hydrogen-bond donors (Lipinski definition) is 1. The number of halogens is 2. The fraction of sp³-hybridized carbons (Fsp3) is 0.538. The van der Waals surface area contributed by atoms with E-state index in [9.17, 15) is 8.78 Å². The van der Waals surface area contributed by atoms with E-state index in [1.54, 1.807) is 6.07 Å². The third-order valence-corrected chi connectivity index (χ3v) is 3.26. The number of rotatable bonds is 3. The SMILES string of the molecule is Cc1ccc(F)cc1CC(F)C1CCCN1. The fourth-order valence-corrected chi connectivity index (χ4v) is 2.23. The van der Waals surface area contributed by atoms with Gasteiger partial charge >= 0.3 is 0 Å². The lowest BCUT2D eigenvalue weighted by molar-refractivity contribution is 0.263. The van der Waals surface area contributed by atoms with Crippen molar-refractivity contribution in [1.29, 1.82) is 0 Å². The van der Waals surface area contributed by atoms with Gasteiger partial charge in [-0.1, -0.05) is 6.07 Å². The van der Waals surface area contributed by atoms with Crippen LogP contribution >= 0.6 is 0 Å². The number of benzene rings is 1. The lowest BCUT2D eigenvalue weighted by Gasteiger charge is -2.17. The van der Waals surface area contributed by atoms with Gasteiger partial charge in [0.05, 0.1) is 0 Å². The summed E-state index contributed by atoms with van der Waals surface area (Å²) in [6.07, 6.45) is 1.31. The van der Waals surface area contributed by atoms with Gasteiger partial charge in [0, 0.05) is 12.5 Å². The summed E-state index contributed by atoms with van der Waals surface area (Å²) in [5.41, 5.74) is 1.74. The minimum atomic E-state index is -0.914. The van der Waals surface area contributed by atoms with Gasteiger partial charge in [-0.3, -0.25) is 0 Å². The summed E-state index contributed by atoms with van der Waals surface area (Å²) in [7, 11) is 0. The van der Waals surface area contributed by atoms with Gasteiger partial charge in [0.2, 0.25) is 0 Å². The van der Waals surface area contributed by atoms with Crippen LogP contribution < -0.4 is 5.32 Å². The van der Waals surface area contributed by atoms with Crippen molar-refractivity contribution in [3.63, 3.8) is 0 Å². The van der Waals surface area contributed by atoms with Gasteiger partial charge in [-0.15, -0.1) is 0 Å². The van der Waals surface area contributed by atoms with Crippen molar-refractivity contribution in [2.24, 2.45) is 0 Å². The molecular formula is C13H17F2N. The molecule has 0 spiro atoms. The average Bonchev–Trinajstić information content (AvgIpc) is 2.76. The average molecular weight is 225 g/mol. The first-order chi connectivity index (χ1) is 7.66. The molecule has 1 aliphatic heterocycles. The van der Waals surface area contributed by atoms with Crippen LogP contribution in [0.1, 0.15) is 24.0 Å². The molecule has 2 atom stereocenters. The third-order valence-electron chi connectivity index (χ3n) is 3.26. The summed E-state index contributed by atoms with van der Waals surface area (Å²) >= 11 is 0. The molecule has 1 saturated heterocycles. The Kier molecular flexibility index (Phi) is 3.54. The predicted molar refractivity (Wildman–Crippen MR) is 60.8 cm³/mol. The van der Waals surface area contributed by atoms with E-state index < -0.39 is 6.17 Å². The maximum absolute atomic E-state index is 13.9. The highest BCUT2D eigenvalue weighted by molar-refractivity contribution is 5.27. The molecule has 1 nitrogen and oxygen atoms in total. The number of aryl methyl sites for hydroxylation is 1. The summed E-state index contributed by atoms with van der Waals surface area (Å²) in [5.74, 6) is -0.285. The normalized spacial score (nSPS) is 22.3. The topological polar surface area (TPSA) is 12.0 Å². The van der Waals surface area contributed by atoms with E-state index in [1.807, 2.05) is 6.92 Å². The molecule has 1 N–H and O–H groups in total. The Hall–Kier alpha value is -0.960. The van der Waals surface area contributed by atoms with Crippen LogP contribution in [0.15, 0.2) is 18.2 Å². The first-order valence-corrected chi connectivity index (χ1v) is 5.79. The quantitative estimate of drug-likeness (QED) is 0.834. The Balaban J connectivity index is 2.04. The van der Waals surface area contributed by atoms with Crippen LogP contribution in [0.3, 0.4) is 0 Å². The third kappa shape index (κ3) is 2.59. The van der Waals surface area contributed by atoms with Crippen LogP contribution in [-0.2, 0) is 6.42 Å². The highest BCUT2D eigenvalue weighted by Gasteiger charge is 2.24. The maximum Gasteiger partial charge on any atom is 0.123 e. The summed E-state index contributed by atoms with van der Waals surface area (Å²) in [4.78, 5) is 0. The van der Waals surface area contributed by atoms with Crippen LogP contribution in [0.2, 0.25) is 0 Å². The van der Waals surface area contributed by atoms with Gasteiger partial charge < -0.3 is 5.32 Å². The van der Waals surface area contributed by atoms with Crippen molar-refractivity contribution in [2.75, 3.05) is 6.54 Å². The van der Waals surface area contributed by atoms with Gasteiger partial charge in [0.15, 0.2) is 0 Å². The predicted octanol–water partition coefficient (Wildman–Crippen LogP) is 2.77. The van der Waals surface area contributed by atoms with Crippen LogP contribution in [0.25, 0.3) is 0 Å². The van der Waals surface area contributed by atoms with Crippen LogP contribution in [0.4, 0.5) is 8.78 Å². The van der Waals surface area contributed by atoms with Gasteiger partial charge in [0.1, 0.15) is 12.0 Å². The summed E-state index contributed by atoms with van der Waals surface area (Å²) < 4.78 is 27.0. The van der Waals surface area contributed by atoms with E-state index >= 15 is 0 Å². The van der Waals surface area contributed by atoms with Gasteiger partial charge in [-0.05, 0) is 49.6 Å². The number of nitrogens with one attached hydrogen (secondary N) is 1. The first-order valence-electron chi connectivity index (χ1n) is 5.79. The van der Waals surface area contributed by atoms with Crippen molar-refractivity contribution < 1.29 is 8.78 Å². The highest BCUT2D eigenvalue weighted by Crippen LogP contribution is 2.19. The molecule has 0 aromatic heterocycles. The Labute approximate surface area is 94.9 Å². The second-order valence-electron chi connectivity index (χ2n) is 4.49. The molecule has 0 amide bonds. The van der Waals surface area contributed by atoms with E-state index in [0.717, 1.165) is 30.5 Å². The largest absolute Gasteiger partial charge is 0.311 e. The van der Waals surface area contributed by atoms with E-state index in [1.165, 1.54) is 12.1 Å². The zero-order chi connectivity index (χ0) is 11.5. The van der Waals surface area contributed by atoms with E-state index in [-0.39, 0.29) is 11.9 Å². The Bertz CT molecular complexity index is 359. The highest BCUT2D eigenvalue weighted by atomic mass is 19.1. The minimum Gasteiger partial charge on any atom is -0.311 e. The Morgan fingerprint density at radius 1 is 1.50 bits per heavy atom. The summed E-state index contributed by atoms with van der Waals surface area (Å²) in [5, 5.41) is 3.14. The molecule has 1 fully saturated rings. The molecule has 0 aliphatic carbocycles. The Morgan fingerprint density at radius 3 is 3.00 bits per heavy atom. The van der Waals surface area contributed by atoms with Gasteiger partial charge in [-0.2, -0.15) is 0 Å². The van der Waals surface area contributed by atoms with Crippen molar-refractivity contribution in [1.82, 2.24) is 5.32 Å². The lowest BCUT2D eigenvalue weighted by atomic mass is 9.98. The maximum atomic E-state index is 13.9. The smallest absolute Gasteiger partial charge is 0.123 e. The summed E-state index contributed by atoms with van der Waals surface area (Å²) in [6.45, 7) is 2.79. The van der Waals surface area contributed by atoms with Crippen LogP contribution in [0.5, 0.6) is 0 Å². The molecule has 1 heterocycles. The molecule has 1 aromatic rings. The molecule has 0 saturated carbocycles. The molecule has 2 unspecified atom stereocenters. The molecule has 3 heteroatoms. The second kappa shape index (κ2) is 4.91. The molecule has 2 rings (SSSR count). The monoisotopic (exact) mass is 225 g/mol. The molecule has 16 heavy (non-hydrogen) atoms. The zero-order valence-corrected chi connectivity index (χ0v) is 9.47.